The van der Waals surface area contributed by atoms with Gasteiger partial charge >= 0.3 is 0 Å². The van der Waals surface area contributed by atoms with Crippen molar-refractivity contribution in [3.63, 3.8) is 0 Å². The van der Waals surface area contributed by atoms with E-state index in [0.29, 0.717) is 0 Å². The molecule has 0 aliphatic carbocycles. The number of hydrogen-bond donors (Lipinski definition) is 1. The van der Waals surface area contributed by atoms with Crippen LogP contribution in [0.4, 0.5) is 4.70 Å². The largest absolute Gasteiger partial charge is 0.286 e. The normalized spacial score (nSPS) is 11.1. The van der Waals surface area contributed by atoms with Crippen LogP contribution in [-0.4, -0.2) is 18.7 Å². The van der Waals surface area contributed by atoms with Crippen molar-refractivity contribution in [1.82, 2.24) is 0 Å². The van der Waals surface area contributed by atoms with Crippen LogP contribution >= 0.6 is 0 Å². The lowest BCUT2D eigenvalue weighted by Gasteiger charge is -1.97. The van der Waals surface area contributed by atoms with Crippen LogP contribution < -0.4 is 0 Å². The zero-order chi connectivity index (χ0) is 6.78. The zero-order valence-corrected chi connectivity index (χ0v) is 6.18. The molecule has 0 aromatic heterocycles. The van der Waals surface area contributed by atoms with Crippen LogP contribution in [0.15, 0.2) is 0 Å². The first-order valence-corrected chi connectivity index (χ1v) is 3.98. The topological polar surface area (TPSA) is 54.4 Å². The molecule has 58 valence electrons. The van der Waals surface area contributed by atoms with Crippen LogP contribution in [-0.2, 0) is 10.1 Å². The van der Waals surface area contributed by atoms with E-state index in [4.69, 9.17) is 4.55 Å². The van der Waals surface area contributed by atoms with Crippen molar-refractivity contribution >= 4 is 10.1 Å². The molecule has 0 saturated heterocycles. The molecule has 0 heterocycles. The average Bonchev–Trinajstić information content (AvgIpc) is 1.21. The average molecular weight is 158 g/mol. The Bertz CT molecular complexity index is 149. The van der Waals surface area contributed by atoms with Gasteiger partial charge in [0, 0.05) is 0 Å². The number of halogens is 1. The monoisotopic (exact) mass is 158 g/mol. The zero-order valence-electron chi connectivity index (χ0n) is 5.36. The third-order valence-electron chi connectivity index (χ3n) is 0.544. The summed E-state index contributed by atoms with van der Waals surface area (Å²) in [6.07, 6.45) is 0. The molecule has 0 aliphatic rings. The highest BCUT2D eigenvalue weighted by Crippen LogP contribution is 1.95. The Labute approximate surface area is 54.2 Å². The van der Waals surface area contributed by atoms with E-state index in [9.17, 15) is 8.42 Å². The van der Waals surface area contributed by atoms with Gasteiger partial charge in [-0.1, -0.05) is 13.8 Å². The summed E-state index contributed by atoms with van der Waals surface area (Å²) in [5.74, 6) is -0.141. The van der Waals surface area contributed by atoms with E-state index in [2.05, 4.69) is 0 Å². The van der Waals surface area contributed by atoms with Gasteiger partial charge in [-0.25, -0.2) is 0 Å². The van der Waals surface area contributed by atoms with Crippen LogP contribution in [0.1, 0.15) is 13.8 Å². The summed E-state index contributed by atoms with van der Waals surface area (Å²) < 4.78 is 28.2. The Morgan fingerprint density at radius 3 is 1.78 bits per heavy atom. The van der Waals surface area contributed by atoms with E-state index in [1.54, 1.807) is 13.8 Å². The predicted octanol–water partition coefficient (Wildman–Crippen LogP) is 0.683. The molecule has 0 aliphatic heterocycles. The van der Waals surface area contributed by atoms with Crippen molar-refractivity contribution in [3.8, 4) is 0 Å². The summed E-state index contributed by atoms with van der Waals surface area (Å²) in [6, 6.07) is 0. The second-order valence-corrected chi connectivity index (χ2v) is 3.64. The maximum atomic E-state index is 10.00. The second-order valence-electron chi connectivity index (χ2n) is 2.14. The van der Waals surface area contributed by atoms with Crippen LogP contribution in [0, 0.1) is 5.92 Å². The van der Waals surface area contributed by atoms with Crippen LogP contribution in [0.5, 0.6) is 0 Å². The standard InChI is InChI=1S/C4H10O3S.FH/c1-4(2)3-8(5,6)7;/h4H,3H2,1-2H3,(H,5,6,7);1H. The Morgan fingerprint density at radius 1 is 1.44 bits per heavy atom. The van der Waals surface area contributed by atoms with E-state index < -0.39 is 10.1 Å². The molecule has 1 N–H and O–H groups in total. The third kappa shape index (κ3) is 11.4. The molecule has 0 spiro atoms. The fourth-order valence-corrected chi connectivity index (χ4v) is 1.26. The Hall–Kier alpha value is -0.160. The van der Waals surface area contributed by atoms with Gasteiger partial charge in [0.05, 0.1) is 5.75 Å². The summed E-state index contributed by atoms with van der Waals surface area (Å²) in [4.78, 5) is 0. The molecule has 0 fully saturated rings. The molecule has 0 amide bonds. The Balaban J connectivity index is 0. The molecule has 0 bridgehead atoms. The summed E-state index contributed by atoms with van der Waals surface area (Å²) in [5, 5.41) is 0. The molecule has 3 nitrogen and oxygen atoms in total. The van der Waals surface area contributed by atoms with Crippen molar-refractivity contribution in [3.05, 3.63) is 0 Å². The van der Waals surface area contributed by atoms with Gasteiger partial charge < -0.3 is 0 Å². The first-order chi connectivity index (χ1) is 3.42. The Morgan fingerprint density at radius 2 is 1.78 bits per heavy atom. The lowest BCUT2D eigenvalue weighted by atomic mass is 10.3. The maximum Gasteiger partial charge on any atom is 0.265 e. The fraction of sp³-hybridized carbons (Fsp3) is 1.00. The summed E-state index contributed by atoms with van der Waals surface area (Å²) in [7, 11) is -3.72. The molecule has 0 radical (unpaired) electrons. The SMILES string of the molecule is CC(C)CS(=O)(=O)O.F. The minimum Gasteiger partial charge on any atom is -0.286 e. The third-order valence-corrected chi connectivity index (χ3v) is 1.63. The second kappa shape index (κ2) is 3.79. The molecule has 0 saturated carbocycles. The lowest BCUT2D eigenvalue weighted by Crippen LogP contribution is -2.09. The molecule has 9 heavy (non-hydrogen) atoms. The van der Waals surface area contributed by atoms with Gasteiger partial charge in [0.1, 0.15) is 0 Å². The van der Waals surface area contributed by atoms with E-state index in [0.717, 1.165) is 0 Å². The van der Waals surface area contributed by atoms with Gasteiger partial charge in [0.2, 0.25) is 0 Å². The van der Waals surface area contributed by atoms with Crippen molar-refractivity contribution in [1.29, 1.82) is 0 Å². The first-order valence-electron chi connectivity index (χ1n) is 2.37. The molecule has 0 aromatic rings. The van der Waals surface area contributed by atoms with Crippen LogP contribution in [0.2, 0.25) is 0 Å². The molecule has 0 atom stereocenters. The highest BCUT2D eigenvalue weighted by Gasteiger charge is 2.05. The van der Waals surface area contributed by atoms with Crippen LogP contribution in [0.25, 0.3) is 0 Å². The van der Waals surface area contributed by atoms with E-state index in [1.165, 1.54) is 0 Å². The smallest absolute Gasteiger partial charge is 0.265 e. The summed E-state index contributed by atoms with van der Waals surface area (Å²) in [5.41, 5.74) is 0. The molecule has 5 heteroatoms. The highest BCUT2D eigenvalue weighted by molar-refractivity contribution is 7.85. The van der Waals surface area contributed by atoms with Gasteiger partial charge in [0.15, 0.2) is 0 Å². The van der Waals surface area contributed by atoms with Gasteiger partial charge in [-0.3, -0.25) is 9.26 Å². The minimum absolute atomic E-state index is 0. The maximum absolute atomic E-state index is 10.00. The predicted molar refractivity (Wildman–Crippen MR) is 33.8 cm³/mol. The van der Waals surface area contributed by atoms with Crippen LogP contribution in [0.3, 0.4) is 0 Å². The van der Waals surface area contributed by atoms with Crippen molar-refractivity contribution in [2.75, 3.05) is 5.75 Å². The van der Waals surface area contributed by atoms with Gasteiger partial charge in [-0.2, -0.15) is 8.42 Å². The minimum atomic E-state index is -3.72. The van der Waals surface area contributed by atoms with Crippen molar-refractivity contribution in [2.24, 2.45) is 5.92 Å². The van der Waals surface area contributed by atoms with E-state index >= 15 is 0 Å². The van der Waals surface area contributed by atoms with Gasteiger partial charge in [-0.05, 0) is 5.92 Å². The van der Waals surface area contributed by atoms with E-state index in [-0.39, 0.29) is 16.4 Å². The molecular formula is C4H11FO3S. The van der Waals surface area contributed by atoms with Gasteiger partial charge in [-0.15, -0.1) is 0 Å². The summed E-state index contributed by atoms with van der Waals surface area (Å²) >= 11 is 0. The van der Waals surface area contributed by atoms with E-state index in [1.807, 2.05) is 0 Å². The highest BCUT2D eigenvalue weighted by atomic mass is 32.2. The molecule has 0 unspecified atom stereocenters. The lowest BCUT2D eigenvalue weighted by molar-refractivity contribution is 0.473. The number of hydrogen-bond acceptors (Lipinski definition) is 2. The van der Waals surface area contributed by atoms with Gasteiger partial charge in [0.25, 0.3) is 10.1 Å². The molecular weight excluding hydrogens is 147 g/mol. The Kier molecular flexibility index (Phi) is 4.89. The first kappa shape index (κ1) is 11.6. The van der Waals surface area contributed by atoms with Crippen molar-refractivity contribution in [2.45, 2.75) is 13.8 Å². The summed E-state index contributed by atoms with van der Waals surface area (Å²) in [6.45, 7) is 3.46. The quantitative estimate of drug-likeness (QED) is 0.601. The van der Waals surface area contributed by atoms with Crippen molar-refractivity contribution < 1.29 is 17.7 Å². The molecule has 0 aromatic carbocycles. The fourth-order valence-electron chi connectivity index (χ4n) is 0.421. The number of rotatable bonds is 2. The molecule has 0 rings (SSSR count).